The van der Waals surface area contributed by atoms with Crippen molar-refractivity contribution in [3.63, 3.8) is 0 Å². The normalized spacial score (nSPS) is 11.8. The summed E-state index contributed by atoms with van der Waals surface area (Å²) in [5.41, 5.74) is 2.98. The van der Waals surface area contributed by atoms with Crippen LogP contribution in [0.4, 0.5) is 0 Å². The van der Waals surface area contributed by atoms with Crippen LogP contribution in [0.25, 0.3) is 9.40 Å². The molecule has 0 saturated heterocycles. The fourth-order valence-corrected chi connectivity index (χ4v) is 4.48. The van der Waals surface area contributed by atoms with Gasteiger partial charge in [0.1, 0.15) is 0 Å². The van der Waals surface area contributed by atoms with Gasteiger partial charge in [0.05, 0.1) is 0 Å². The Morgan fingerprint density at radius 3 is 2.50 bits per heavy atom. The number of hydrogen-bond acceptors (Lipinski definition) is 2. The minimum atomic E-state index is 0.766. The summed E-state index contributed by atoms with van der Waals surface area (Å²) in [6.07, 6.45) is 1.23. The van der Waals surface area contributed by atoms with Crippen LogP contribution in [0.15, 0.2) is 5.38 Å². The predicted octanol–water partition coefficient (Wildman–Crippen LogP) is 4.78. The minimum Gasteiger partial charge on any atom is -0.142 e. The van der Waals surface area contributed by atoms with Gasteiger partial charge in [-0.1, -0.05) is 13.8 Å². The van der Waals surface area contributed by atoms with Gasteiger partial charge in [0.2, 0.25) is 0 Å². The number of fused-ring (bicyclic) bond motifs is 1. The van der Waals surface area contributed by atoms with Crippen molar-refractivity contribution in [2.24, 2.45) is 5.92 Å². The molecule has 2 aromatic rings. The van der Waals surface area contributed by atoms with E-state index in [2.05, 4.69) is 33.1 Å². The second-order valence-electron chi connectivity index (χ2n) is 4.33. The topological polar surface area (TPSA) is 0 Å². The average molecular weight is 224 g/mol. The van der Waals surface area contributed by atoms with E-state index < -0.39 is 0 Å². The van der Waals surface area contributed by atoms with Crippen LogP contribution < -0.4 is 0 Å². The Morgan fingerprint density at radius 2 is 1.93 bits per heavy atom. The zero-order chi connectivity index (χ0) is 10.3. The van der Waals surface area contributed by atoms with E-state index in [1.54, 1.807) is 4.88 Å². The lowest BCUT2D eigenvalue weighted by atomic mass is 10.1. The highest BCUT2D eigenvalue weighted by molar-refractivity contribution is 7.27. The van der Waals surface area contributed by atoms with Crippen LogP contribution in [0.2, 0.25) is 0 Å². The smallest absolute Gasteiger partial charge is 0.0485 e. The third-order valence-corrected chi connectivity index (χ3v) is 5.29. The molecule has 0 N–H and O–H groups in total. The molecule has 0 amide bonds. The third-order valence-electron chi connectivity index (χ3n) is 2.50. The van der Waals surface area contributed by atoms with Crippen molar-refractivity contribution in [2.45, 2.75) is 34.1 Å². The number of thiophene rings is 2. The largest absolute Gasteiger partial charge is 0.142 e. The van der Waals surface area contributed by atoms with Gasteiger partial charge in [0.15, 0.2) is 0 Å². The van der Waals surface area contributed by atoms with E-state index in [0.717, 1.165) is 5.92 Å². The minimum absolute atomic E-state index is 0.766. The van der Waals surface area contributed by atoms with Crippen molar-refractivity contribution in [3.8, 4) is 0 Å². The molecule has 0 aromatic carbocycles. The first-order valence-electron chi connectivity index (χ1n) is 5.05. The summed E-state index contributed by atoms with van der Waals surface area (Å²) in [5.74, 6) is 0.766. The standard InChI is InChI=1S/C12H16S2/c1-7(2)5-10-9(4)12-11(14-10)8(3)6-13-12/h6-7H,5H2,1-4H3. The lowest BCUT2D eigenvalue weighted by Gasteiger charge is -2.02. The van der Waals surface area contributed by atoms with Crippen LogP contribution in [0.3, 0.4) is 0 Å². The zero-order valence-corrected chi connectivity index (χ0v) is 10.8. The molecule has 2 aromatic heterocycles. The van der Waals surface area contributed by atoms with Crippen molar-refractivity contribution in [1.29, 1.82) is 0 Å². The molecule has 0 fully saturated rings. The summed E-state index contributed by atoms with van der Waals surface area (Å²) in [4.78, 5) is 1.59. The van der Waals surface area contributed by atoms with Crippen LogP contribution in [0.5, 0.6) is 0 Å². The van der Waals surface area contributed by atoms with Crippen LogP contribution in [0.1, 0.15) is 29.9 Å². The van der Waals surface area contributed by atoms with Crippen LogP contribution in [-0.2, 0) is 6.42 Å². The Bertz CT molecular complexity index is 446. The number of rotatable bonds is 2. The molecule has 2 heteroatoms. The molecule has 0 atom stereocenters. The van der Waals surface area contributed by atoms with Gasteiger partial charge in [0.25, 0.3) is 0 Å². The summed E-state index contributed by atoms with van der Waals surface area (Å²) in [6.45, 7) is 9.07. The lowest BCUT2D eigenvalue weighted by Crippen LogP contribution is -1.92. The van der Waals surface area contributed by atoms with Crippen molar-refractivity contribution in [2.75, 3.05) is 0 Å². The molecule has 0 aliphatic carbocycles. The van der Waals surface area contributed by atoms with E-state index in [1.807, 2.05) is 22.7 Å². The summed E-state index contributed by atoms with van der Waals surface area (Å²) < 4.78 is 3.03. The lowest BCUT2D eigenvalue weighted by molar-refractivity contribution is 0.652. The Hall–Kier alpha value is -0.340. The zero-order valence-electron chi connectivity index (χ0n) is 9.18. The third kappa shape index (κ3) is 1.61. The number of aryl methyl sites for hydroxylation is 2. The van der Waals surface area contributed by atoms with Crippen molar-refractivity contribution in [3.05, 3.63) is 21.4 Å². The summed E-state index contributed by atoms with van der Waals surface area (Å²) in [5, 5.41) is 2.27. The van der Waals surface area contributed by atoms with E-state index in [1.165, 1.54) is 26.9 Å². The quantitative estimate of drug-likeness (QED) is 0.689. The molecule has 0 radical (unpaired) electrons. The van der Waals surface area contributed by atoms with Gasteiger partial charge in [-0.2, -0.15) is 0 Å². The summed E-state index contributed by atoms with van der Waals surface area (Å²) in [7, 11) is 0. The molecule has 0 spiro atoms. The van der Waals surface area contributed by atoms with Gasteiger partial charge < -0.3 is 0 Å². The molecule has 0 aliphatic rings. The highest BCUT2D eigenvalue weighted by Gasteiger charge is 2.12. The van der Waals surface area contributed by atoms with Crippen LogP contribution >= 0.6 is 22.7 Å². The molecule has 0 bridgehead atoms. The van der Waals surface area contributed by atoms with Crippen molar-refractivity contribution < 1.29 is 0 Å². The van der Waals surface area contributed by atoms with Crippen LogP contribution in [0, 0.1) is 19.8 Å². The second kappa shape index (κ2) is 3.67. The molecule has 2 heterocycles. The summed E-state index contributed by atoms with van der Waals surface area (Å²) >= 11 is 3.89. The Labute approximate surface area is 93.6 Å². The molecule has 76 valence electrons. The van der Waals surface area contributed by atoms with Crippen molar-refractivity contribution >= 4 is 32.1 Å². The first-order chi connectivity index (χ1) is 6.59. The highest BCUT2D eigenvalue weighted by Crippen LogP contribution is 2.38. The fourth-order valence-electron chi connectivity index (χ4n) is 1.71. The van der Waals surface area contributed by atoms with E-state index in [9.17, 15) is 0 Å². The molecule has 0 aliphatic heterocycles. The fraction of sp³-hybridized carbons (Fsp3) is 0.500. The molecule has 0 saturated carbocycles. The molecular weight excluding hydrogens is 208 g/mol. The molecule has 2 rings (SSSR count). The molecule has 14 heavy (non-hydrogen) atoms. The monoisotopic (exact) mass is 224 g/mol. The van der Waals surface area contributed by atoms with E-state index in [0.29, 0.717) is 0 Å². The van der Waals surface area contributed by atoms with Gasteiger partial charge in [-0.25, -0.2) is 0 Å². The molecular formula is C12H16S2. The maximum Gasteiger partial charge on any atom is 0.0485 e. The maximum absolute atomic E-state index is 2.29. The van der Waals surface area contributed by atoms with Gasteiger partial charge in [0, 0.05) is 14.3 Å². The van der Waals surface area contributed by atoms with E-state index in [4.69, 9.17) is 0 Å². The van der Waals surface area contributed by atoms with Gasteiger partial charge in [-0.3, -0.25) is 0 Å². The maximum atomic E-state index is 2.29. The van der Waals surface area contributed by atoms with Crippen molar-refractivity contribution in [1.82, 2.24) is 0 Å². The Morgan fingerprint density at radius 1 is 1.21 bits per heavy atom. The second-order valence-corrected chi connectivity index (χ2v) is 6.31. The summed E-state index contributed by atoms with van der Waals surface area (Å²) in [6, 6.07) is 0. The highest BCUT2D eigenvalue weighted by atomic mass is 32.1. The van der Waals surface area contributed by atoms with Gasteiger partial charge in [-0.15, -0.1) is 22.7 Å². The first-order valence-corrected chi connectivity index (χ1v) is 6.75. The Kier molecular flexibility index (Phi) is 2.67. The van der Waals surface area contributed by atoms with Gasteiger partial charge >= 0.3 is 0 Å². The van der Waals surface area contributed by atoms with Crippen LogP contribution in [-0.4, -0.2) is 0 Å². The van der Waals surface area contributed by atoms with E-state index >= 15 is 0 Å². The molecule has 0 unspecified atom stereocenters. The SMILES string of the molecule is Cc1csc2c(C)c(CC(C)C)sc12. The first kappa shape index (κ1) is 10.2. The predicted molar refractivity (Wildman–Crippen MR) is 67.7 cm³/mol. The molecule has 0 nitrogen and oxygen atoms in total. The Balaban J connectivity index is 2.51. The van der Waals surface area contributed by atoms with E-state index in [-0.39, 0.29) is 0 Å². The average Bonchev–Trinajstić information content (AvgIpc) is 2.57. The number of hydrogen-bond donors (Lipinski definition) is 0. The van der Waals surface area contributed by atoms with Gasteiger partial charge in [-0.05, 0) is 42.7 Å².